The molecule has 19 heavy (non-hydrogen) atoms. The van der Waals surface area contributed by atoms with E-state index in [2.05, 4.69) is 43.3 Å². The number of halogens is 1. The van der Waals surface area contributed by atoms with E-state index in [0.29, 0.717) is 5.92 Å². The minimum atomic E-state index is 0. The van der Waals surface area contributed by atoms with Gasteiger partial charge in [-0.2, -0.15) is 0 Å². The summed E-state index contributed by atoms with van der Waals surface area (Å²) in [7, 11) is 0. The van der Waals surface area contributed by atoms with E-state index >= 15 is 0 Å². The number of hydrogen-bond donors (Lipinski definition) is 2. The van der Waals surface area contributed by atoms with Crippen LogP contribution in [-0.4, -0.2) is 38.8 Å². The predicted molar refractivity (Wildman–Crippen MR) is 94.6 cm³/mol. The zero-order valence-corrected chi connectivity index (χ0v) is 15.3. The molecule has 0 aromatic carbocycles. The monoisotopic (exact) mass is 385 g/mol. The number of rotatable bonds is 10. The van der Waals surface area contributed by atoms with Gasteiger partial charge in [0.15, 0.2) is 5.96 Å². The highest BCUT2D eigenvalue weighted by Gasteiger charge is 1.97. The van der Waals surface area contributed by atoms with Crippen molar-refractivity contribution in [2.45, 2.75) is 47.0 Å². The standard InChI is InChI=1S/C14H31N3O.HI/c1-5-7-10-18-11-8-9-16-14(15-6-2)17-12-13(3)4;/h13H,5-12H2,1-4H3,(H2,15,16,17);1H. The second kappa shape index (κ2) is 16.0. The van der Waals surface area contributed by atoms with E-state index in [1.165, 1.54) is 6.42 Å². The highest BCUT2D eigenvalue weighted by Crippen LogP contribution is 1.92. The molecule has 0 unspecified atom stereocenters. The van der Waals surface area contributed by atoms with Gasteiger partial charge >= 0.3 is 0 Å². The third kappa shape index (κ3) is 15.9. The lowest BCUT2D eigenvalue weighted by Gasteiger charge is -2.12. The van der Waals surface area contributed by atoms with E-state index in [4.69, 9.17) is 4.74 Å². The predicted octanol–water partition coefficient (Wildman–Crippen LogP) is 3.02. The van der Waals surface area contributed by atoms with Crippen molar-refractivity contribution >= 4 is 29.9 Å². The summed E-state index contributed by atoms with van der Waals surface area (Å²) in [5.41, 5.74) is 0. The van der Waals surface area contributed by atoms with Gasteiger partial charge in [-0.3, -0.25) is 4.99 Å². The molecule has 0 saturated carbocycles. The molecule has 0 saturated heterocycles. The fourth-order valence-corrected chi connectivity index (χ4v) is 1.35. The summed E-state index contributed by atoms with van der Waals surface area (Å²) in [4.78, 5) is 4.51. The largest absolute Gasteiger partial charge is 0.381 e. The van der Waals surface area contributed by atoms with Crippen molar-refractivity contribution < 1.29 is 4.74 Å². The Morgan fingerprint density at radius 3 is 2.37 bits per heavy atom. The van der Waals surface area contributed by atoms with Gasteiger partial charge < -0.3 is 15.4 Å². The SMILES string of the molecule is CCCCOCCCNC(=NCC(C)C)NCC.I. The van der Waals surface area contributed by atoms with E-state index in [9.17, 15) is 0 Å². The lowest BCUT2D eigenvalue weighted by atomic mass is 10.2. The molecule has 0 aromatic rings. The molecular formula is C14H32IN3O. The number of unbranched alkanes of at least 4 members (excludes halogenated alkanes) is 1. The maximum Gasteiger partial charge on any atom is 0.191 e. The topological polar surface area (TPSA) is 45.6 Å². The molecule has 5 heteroatoms. The van der Waals surface area contributed by atoms with Crippen molar-refractivity contribution in [3.05, 3.63) is 0 Å². The van der Waals surface area contributed by atoms with Crippen LogP contribution in [0.25, 0.3) is 0 Å². The molecule has 0 atom stereocenters. The van der Waals surface area contributed by atoms with E-state index in [1.807, 2.05) is 0 Å². The number of guanidine groups is 1. The highest BCUT2D eigenvalue weighted by atomic mass is 127. The molecule has 0 rings (SSSR count). The molecule has 116 valence electrons. The van der Waals surface area contributed by atoms with Crippen LogP contribution in [0.15, 0.2) is 4.99 Å². The molecule has 0 fully saturated rings. The zero-order chi connectivity index (χ0) is 13.6. The van der Waals surface area contributed by atoms with Crippen molar-refractivity contribution in [3.8, 4) is 0 Å². The van der Waals surface area contributed by atoms with Gasteiger partial charge in [-0.05, 0) is 25.7 Å². The summed E-state index contributed by atoms with van der Waals surface area (Å²) >= 11 is 0. The van der Waals surface area contributed by atoms with Crippen LogP contribution in [0.1, 0.15) is 47.0 Å². The average Bonchev–Trinajstić information content (AvgIpc) is 2.34. The number of ether oxygens (including phenoxy) is 1. The molecule has 0 aliphatic carbocycles. The number of aliphatic imine (C=N–C) groups is 1. The number of hydrogen-bond acceptors (Lipinski definition) is 2. The van der Waals surface area contributed by atoms with Crippen molar-refractivity contribution in [2.75, 3.05) is 32.8 Å². The Morgan fingerprint density at radius 2 is 1.79 bits per heavy atom. The van der Waals surface area contributed by atoms with Crippen molar-refractivity contribution in [1.82, 2.24) is 10.6 Å². The maximum absolute atomic E-state index is 5.51. The van der Waals surface area contributed by atoms with Gasteiger partial charge in [0.2, 0.25) is 0 Å². The van der Waals surface area contributed by atoms with Gasteiger partial charge in [0.05, 0.1) is 0 Å². The van der Waals surface area contributed by atoms with Crippen LogP contribution in [0, 0.1) is 5.92 Å². The summed E-state index contributed by atoms with van der Waals surface area (Å²) in [5, 5.41) is 6.57. The van der Waals surface area contributed by atoms with Crippen LogP contribution in [0.5, 0.6) is 0 Å². The Morgan fingerprint density at radius 1 is 1.11 bits per heavy atom. The van der Waals surface area contributed by atoms with Gasteiger partial charge in [0.1, 0.15) is 0 Å². The average molecular weight is 385 g/mol. The Bertz CT molecular complexity index is 211. The van der Waals surface area contributed by atoms with Gasteiger partial charge in [-0.25, -0.2) is 0 Å². The Hall–Kier alpha value is -0.0400. The molecule has 0 heterocycles. The number of nitrogens with one attached hydrogen (secondary N) is 2. The normalized spacial score (nSPS) is 11.3. The quantitative estimate of drug-likeness (QED) is 0.263. The third-order valence-electron chi connectivity index (χ3n) is 2.36. The molecule has 0 aliphatic heterocycles. The summed E-state index contributed by atoms with van der Waals surface area (Å²) in [6, 6.07) is 0. The molecule has 0 bridgehead atoms. The molecular weight excluding hydrogens is 353 g/mol. The molecule has 0 aliphatic rings. The van der Waals surface area contributed by atoms with E-state index < -0.39 is 0 Å². The van der Waals surface area contributed by atoms with Crippen LogP contribution in [0.2, 0.25) is 0 Å². The summed E-state index contributed by atoms with van der Waals surface area (Å²) in [5.74, 6) is 1.51. The molecule has 0 radical (unpaired) electrons. The first kappa shape index (κ1) is 21.3. The molecule has 0 amide bonds. The smallest absolute Gasteiger partial charge is 0.191 e. The second-order valence-corrected chi connectivity index (χ2v) is 4.86. The Labute approximate surface area is 136 Å². The van der Waals surface area contributed by atoms with E-state index in [0.717, 1.165) is 51.6 Å². The van der Waals surface area contributed by atoms with Crippen LogP contribution < -0.4 is 10.6 Å². The van der Waals surface area contributed by atoms with Gasteiger partial charge in [-0.15, -0.1) is 24.0 Å². The Balaban J connectivity index is 0. The zero-order valence-electron chi connectivity index (χ0n) is 13.0. The van der Waals surface area contributed by atoms with Crippen LogP contribution in [0.4, 0.5) is 0 Å². The molecule has 2 N–H and O–H groups in total. The van der Waals surface area contributed by atoms with Crippen LogP contribution in [-0.2, 0) is 4.74 Å². The van der Waals surface area contributed by atoms with E-state index in [-0.39, 0.29) is 24.0 Å². The minimum Gasteiger partial charge on any atom is -0.381 e. The van der Waals surface area contributed by atoms with Crippen LogP contribution >= 0.6 is 24.0 Å². The van der Waals surface area contributed by atoms with E-state index in [1.54, 1.807) is 0 Å². The molecule has 0 spiro atoms. The number of nitrogens with zero attached hydrogens (tertiary/aromatic N) is 1. The Kier molecular flexibility index (Phi) is 17.9. The second-order valence-electron chi connectivity index (χ2n) is 4.86. The first-order valence-corrected chi connectivity index (χ1v) is 7.30. The fourth-order valence-electron chi connectivity index (χ4n) is 1.35. The van der Waals surface area contributed by atoms with Crippen molar-refractivity contribution in [3.63, 3.8) is 0 Å². The summed E-state index contributed by atoms with van der Waals surface area (Å²) in [6.07, 6.45) is 3.38. The maximum atomic E-state index is 5.51. The van der Waals surface area contributed by atoms with Gasteiger partial charge in [0.25, 0.3) is 0 Å². The minimum absolute atomic E-state index is 0. The lowest BCUT2D eigenvalue weighted by Crippen LogP contribution is -2.38. The van der Waals surface area contributed by atoms with Gasteiger partial charge in [0, 0.05) is 32.8 Å². The lowest BCUT2D eigenvalue weighted by molar-refractivity contribution is 0.129. The highest BCUT2D eigenvalue weighted by molar-refractivity contribution is 14.0. The fraction of sp³-hybridized carbons (Fsp3) is 0.929. The first-order chi connectivity index (χ1) is 8.70. The van der Waals surface area contributed by atoms with Crippen molar-refractivity contribution in [1.29, 1.82) is 0 Å². The summed E-state index contributed by atoms with van der Waals surface area (Å²) < 4.78 is 5.51. The molecule has 4 nitrogen and oxygen atoms in total. The molecule has 0 aromatic heterocycles. The van der Waals surface area contributed by atoms with Gasteiger partial charge in [-0.1, -0.05) is 27.2 Å². The third-order valence-corrected chi connectivity index (χ3v) is 2.36. The van der Waals surface area contributed by atoms with Crippen LogP contribution in [0.3, 0.4) is 0 Å². The first-order valence-electron chi connectivity index (χ1n) is 7.30. The van der Waals surface area contributed by atoms with Crippen molar-refractivity contribution in [2.24, 2.45) is 10.9 Å². The summed E-state index contributed by atoms with van der Waals surface area (Å²) in [6.45, 7) is 13.0.